The molecule has 0 aromatic heterocycles. The Balaban J connectivity index is 0.00000144. The van der Waals surface area contributed by atoms with Gasteiger partial charge in [0.05, 0.1) is 6.54 Å². The second-order valence-corrected chi connectivity index (χ2v) is 9.21. The van der Waals surface area contributed by atoms with Crippen LogP contribution >= 0.6 is 37.2 Å². The molecular formula is C29H36Cl3N3. The van der Waals surface area contributed by atoms with E-state index < -0.39 is 0 Å². The molecule has 0 spiro atoms. The normalized spacial score (nSPS) is 19.5. The summed E-state index contributed by atoms with van der Waals surface area (Å²) in [7, 11) is 0. The van der Waals surface area contributed by atoms with Crippen molar-refractivity contribution >= 4 is 43.4 Å². The summed E-state index contributed by atoms with van der Waals surface area (Å²) in [6, 6.07) is 30.7. The Morgan fingerprint density at radius 1 is 0.686 bits per heavy atom. The van der Waals surface area contributed by atoms with E-state index >= 15 is 0 Å². The highest BCUT2D eigenvalue weighted by Crippen LogP contribution is 2.40. The Morgan fingerprint density at radius 3 is 2.00 bits per heavy atom. The maximum atomic E-state index is 4.82. The number of rotatable bonds is 7. The number of aliphatic imine (C=N–C) groups is 1. The van der Waals surface area contributed by atoms with Crippen molar-refractivity contribution in [2.24, 2.45) is 4.99 Å². The SMILES string of the molecule is C1=NCC(CCCN2CCN(Cc3ccccc3)CC2)(c2ccccc2)c2ccccc21.Cl.Cl.Cl. The van der Waals surface area contributed by atoms with Crippen molar-refractivity contribution in [1.29, 1.82) is 0 Å². The number of hydrogen-bond donors (Lipinski definition) is 0. The molecule has 0 radical (unpaired) electrons. The van der Waals surface area contributed by atoms with E-state index in [-0.39, 0.29) is 42.6 Å². The van der Waals surface area contributed by atoms with E-state index in [2.05, 4.69) is 101 Å². The number of benzene rings is 3. The van der Waals surface area contributed by atoms with E-state index in [1.807, 2.05) is 0 Å². The standard InChI is InChI=1S/C29H33N3.3ClH/c1-3-10-25(11-4-1)23-32-20-18-31(19-21-32)17-9-16-29(27-13-5-2-6-14-27)24-30-22-26-12-7-8-15-28(26)29;;;/h1-8,10-15,22H,9,16-21,23-24H2;3*1H. The third-order valence-corrected chi connectivity index (χ3v) is 7.19. The van der Waals surface area contributed by atoms with E-state index in [9.17, 15) is 0 Å². The average Bonchev–Trinajstić information content (AvgIpc) is 2.86. The molecule has 0 aliphatic carbocycles. The minimum absolute atomic E-state index is 0. The predicted molar refractivity (Wildman–Crippen MR) is 155 cm³/mol. The molecule has 2 aliphatic rings. The first-order valence-corrected chi connectivity index (χ1v) is 12.0. The maximum absolute atomic E-state index is 4.82. The number of halogens is 3. The second-order valence-electron chi connectivity index (χ2n) is 9.21. The second kappa shape index (κ2) is 14.0. The molecule has 3 nitrogen and oxygen atoms in total. The van der Waals surface area contributed by atoms with Gasteiger partial charge < -0.3 is 4.90 Å². The fourth-order valence-corrected chi connectivity index (χ4v) is 5.41. The van der Waals surface area contributed by atoms with Crippen LogP contribution in [0, 0.1) is 0 Å². The van der Waals surface area contributed by atoms with Gasteiger partial charge in [0.2, 0.25) is 0 Å². The van der Waals surface area contributed by atoms with Crippen molar-refractivity contribution in [1.82, 2.24) is 9.80 Å². The minimum atomic E-state index is -0.0122. The van der Waals surface area contributed by atoms with Crippen molar-refractivity contribution in [3.63, 3.8) is 0 Å². The lowest BCUT2D eigenvalue weighted by atomic mass is 9.69. The molecule has 188 valence electrons. The Hall–Kier alpha value is -1.88. The molecule has 0 saturated carbocycles. The molecule has 1 fully saturated rings. The third kappa shape index (κ3) is 6.87. The summed E-state index contributed by atoms with van der Waals surface area (Å²) in [4.78, 5) is 10.1. The van der Waals surface area contributed by atoms with Crippen LogP contribution < -0.4 is 0 Å². The lowest BCUT2D eigenvalue weighted by Crippen LogP contribution is -2.46. The van der Waals surface area contributed by atoms with E-state index in [1.165, 1.54) is 48.3 Å². The molecule has 5 rings (SSSR count). The molecule has 2 aliphatic heterocycles. The lowest BCUT2D eigenvalue weighted by Gasteiger charge is -2.39. The Morgan fingerprint density at radius 2 is 1.29 bits per heavy atom. The lowest BCUT2D eigenvalue weighted by molar-refractivity contribution is 0.124. The van der Waals surface area contributed by atoms with Gasteiger partial charge in [-0.25, -0.2) is 0 Å². The highest BCUT2D eigenvalue weighted by Gasteiger charge is 2.37. The predicted octanol–water partition coefficient (Wildman–Crippen LogP) is 6.27. The van der Waals surface area contributed by atoms with Crippen molar-refractivity contribution in [2.45, 2.75) is 24.8 Å². The molecule has 3 aromatic carbocycles. The zero-order chi connectivity index (χ0) is 21.6. The summed E-state index contributed by atoms with van der Waals surface area (Å²) in [5.41, 5.74) is 5.52. The van der Waals surface area contributed by atoms with E-state index in [4.69, 9.17) is 4.99 Å². The van der Waals surface area contributed by atoms with Gasteiger partial charge in [-0.3, -0.25) is 9.89 Å². The molecule has 0 bridgehead atoms. The molecule has 2 heterocycles. The van der Waals surface area contributed by atoms with E-state index in [0.717, 1.165) is 32.6 Å². The highest BCUT2D eigenvalue weighted by atomic mass is 35.5. The van der Waals surface area contributed by atoms with Crippen LogP contribution in [0.3, 0.4) is 0 Å². The van der Waals surface area contributed by atoms with Gasteiger partial charge in [0.15, 0.2) is 0 Å². The summed E-state index contributed by atoms with van der Waals surface area (Å²) in [6.45, 7) is 7.73. The molecule has 0 N–H and O–H groups in total. The van der Waals surface area contributed by atoms with E-state index in [0.29, 0.717) is 0 Å². The van der Waals surface area contributed by atoms with Gasteiger partial charge in [-0.15, -0.1) is 37.2 Å². The van der Waals surface area contributed by atoms with Crippen molar-refractivity contribution in [3.05, 3.63) is 107 Å². The average molecular weight is 533 g/mol. The molecule has 1 unspecified atom stereocenters. The van der Waals surface area contributed by atoms with Crippen LogP contribution in [0.5, 0.6) is 0 Å². The molecule has 0 amide bonds. The number of piperazine rings is 1. The zero-order valence-electron chi connectivity index (χ0n) is 20.1. The third-order valence-electron chi connectivity index (χ3n) is 7.19. The molecule has 35 heavy (non-hydrogen) atoms. The summed E-state index contributed by atoms with van der Waals surface area (Å²) >= 11 is 0. The monoisotopic (exact) mass is 531 g/mol. The largest absolute Gasteiger partial charge is 0.301 e. The quantitative estimate of drug-likeness (QED) is 0.357. The smallest absolute Gasteiger partial charge is 0.0527 e. The summed E-state index contributed by atoms with van der Waals surface area (Å²) in [5.74, 6) is 0. The molecular weight excluding hydrogens is 497 g/mol. The van der Waals surface area contributed by atoms with Crippen LogP contribution in [-0.4, -0.2) is 55.3 Å². The Bertz CT molecular complexity index is 1040. The van der Waals surface area contributed by atoms with Crippen LogP contribution in [0.15, 0.2) is 89.9 Å². The van der Waals surface area contributed by atoms with Gasteiger partial charge in [-0.1, -0.05) is 84.9 Å². The summed E-state index contributed by atoms with van der Waals surface area (Å²) in [6.07, 6.45) is 4.38. The van der Waals surface area contributed by atoms with E-state index in [1.54, 1.807) is 0 Å². The van der Waals surface area contributed by atoms with Gasteiger partial charge in [-0.05, 0) is 41.6 Å². The molecule has 6 heteroatoms. The first kappa shape index (κ1) is 29.4. The van der Waals surface area contributed by atoms with Crippen LogP contribution in [0.1, 0.15) is 35.1 Å². The van der Waals surface area contributed by atoms with Crippen molar-refractivity contribution < 1.29 is 0 Å². The van der Waals surface area contributed by atoms with Gasteiger partial charge in [0, 0.05) is 44.4 Å². The zero-order valence-corrected chi connectivity index (χ0v) is 22.5. The number of hydrogen-bond acceptors (Lipinski definition) is 3. The van der Waals surface area contributed by atoms with Gasteiger partial charge in [0.25, 0.3) is 0 Å². The molecule has 3 aromatic rings. The maximum Gasteiger partial charge on any atom is 0.0527 e. The number of nitrogens with zero attached hydrogens (tertiary/aromatic N) is 3. The van der Waals surface area contributed by atoms with Crippen LogP contribution in [0.4, 0.5) is 0 Å². The van der Waals surface area contributed by atoms with Crippen LogP contribution in [0.25, 0.3) is 0 Å². The Labute approximate surface area is 228 Å². The van der Waals surface area contributed by atoms with Gasteiger partial charge >= 0.3 is 0 Å². The first-order chi connectivity index (χ1) is 15.8. The van der Waals surface area contributed by atoms with Crippen LogP contribution in [0.2, 0.25) is 0 Å². The van der Waals surface area contributed by atoms with Crippen LogP contribution in [-0.2, 0) is 12.0 Å². The minimum Gasteiger partial charge on any atom is -0.301 e. The highest BCUT2D eigenvalue weighted by molar-refractivity contribution is 5.86. The van der Waals surface area contributed by atoms with Crippen molar-refractivity contribution in [2.75, 3.05) is 39.3 Å². The summed E-state index contributed by atoms with van der Waals surface area (Å²) in [5, 5.41) is 0. The fraction of sp³-hybridized carbons (Fsp3) is 0.345. The first-order valence-electron chi connectivity index (χ1n) is 12.0. The molecule has 1 atom stereocenters. The fourth-order valence-electron chi connectivity index (χ4n) is 5.41. The number of fused-ring (bicyclic) bond motifs is 1. The Kier molecular flexibility index (Phi) is 11.7. The van der Waals surface area contributed by atoms with Gasteiger partial charge in [-0.2, -0.15) is 0 Å². The van der Waals surface area contributed by atoms with Gasteiger partial charge in [0.1, 0.15) is 0 Å². The molecule has 1 saturated heterocycles. The van der Waals surface area contributed by atoms with Crippen molar-refractivity contribution in [3.8, 4) is 0 Å². The topological polar surface area (TPSA) is 18.8 Å². The summed E-state index contributed by atoms with van der Waals surface area (Å²) < 4.78 is 0.